The number of hydrazone groups is 1. The van der Waals surface area contributed by atoms with E-state index in [-0.39, 0.29) is 0 Å². The van der Waals surface area contributed by atoms with Gasteiger partial charge in [-0.2, -0.15) is 18.3 Å². The van der Waals surface area contributed by atoms with E-state index in [1.54, 1.807) is 17.3 Å². The van der Waals surface area contributed by atoms with Crippen molar-refractivity contribution < 1.29 is 13.2 Å². The molecular formula is C17H13F3IN3. The summed E-state index contributed by atoms with van der Waals surface area (Å²) in [5.74, 6) is 0.604. The minimum absolute atomic E-state index is 0.421. The van der Waals surface area contributed by atoms with Crippen molar-refractivity contribution in [1.29, 1.82) is 0 Å². The smallest absolute Gasteiger partial charge is 0.263 e. The predicted molar refractivity (Wildman–Crippen MR) is 97.6 cm³/mol. The van der Waals surface area contributed by atoms with E-state index in [2.05, 4.69) is 32.7 Å². The number of amidine groups is 1. The van der Waals surface area contributed by atoms with Gasteiger partial charge in [0.15, 0.2) is 5.84 Å². The van der Waals surface area contributed by atoms with Gasteiger partial charge in [0.2, 0.25) is 0 Å². The molecule has 0 saturated heterocycles. The zero-order valence-electron chi connectivity index (χ0n) is 12.5. The summed E-state index contributed by atoms with van der Waals surface area (Å²) < 4.78 is 39.5. The van der Waals surface area contributed by atoms with Crippen molar-refractivity contribution in [3.63, 3.8) is 0 Å². The third-order valence-corrected chi connectivity index (χ3v) is 4.50. The number of hydrogen-bond acceptors (Lipinski definition) is 3. The van der Waals surface area contributed by atoms with Crippen LogP contribution in [0.2, 0.25) is 0 Å². The summed E-state index contributed by atoms with van der Waals surface area (Å²) in [4.78, 5) is 4.36. The van der Waals surface area contributed by atoms with E-state index in [9.17, 15) is 13.2 Å². The van der Waals surface area contributed by atoms with E-state index < -0.39 is 11.7 Å². The predicted octanol–water partition coefficient (Wildman–Crippen LogP) is 4.95. The van der Waals surface area contributed by atoms with Crippen LogP contribution in [0.3, 0.4) is 0 Å². The van der Waals surface area contributed by atoms with Gasteiger partial charge in [0.1, 0.15) is 0 Å². The van der Waals surface area contributed by atoms with Gasteiger partial charge in [0, 0.05) is 28.3 Å². The van der Waals surface area contributed by atoms with Gasteiger partial charge in [0.05, 0.1) is 11.3 Å². The van der Waals surface area contributed by atoms with E-state index in [0.29, 0.717) is 24.5 Å². The third-order valence-electron chi connectivity index (χ3n) is 3.51. The topological polar surface area (TPSA) is 28.0 Å². The van der Waals surface area contributed by atoms with Crippen molar-refractivity contribution >= 4 is 40.3 Å². The molecule has 1 aliphatic heterocycles. The van der Waals surface area contributed by atoms with Gasteiger partial charge < -0.3 is 0 Å². The SMILES string of the molecule is FC(F)(F)c1cccc(N2CCC(N=Cc3ccccc3I)=N2)c1. The molecule has 0 aromatic heterocycles. The van der Waals surface area contributed by atoms with Crippen LogP contribution in [-0.2, 0) is 6.18 Å². The number of benzene rings is 2. The van der Waals surface area contributed by atoms with Crippen molar-refractivity contribution in [3.8, 4) is 0 Å². The molecule has 3 rings (SSSR count). The molecule has 2 aromatic carbocycles. The molecule has 0 fully saturated rings. The Morgan fingerprint density at radius 1 is 1.12 bits per heavy atom. The van der Waals surface area contributed by atoms with Gasteiger partial charge in [-0.1, -0.05) is 24.3 Å². The molecule has 3 nitrogen and oxygen atoms in total. The van der Waals surface area contributed by atoms with Crippen molar-refractivity contribution in [2.45, 2.75) is 12.6 Å². The van der Waals surface area contributed by atoms with Crippen LogP contribution in [0, 0.1) is 3.57 Å². The molecule has 0 bridgehead atoms. The number of halogens is 4. The summed E-state index contributed by atoms with van der Waals surface area (Å²) in [7, 11) is 0. The van der Waals surface area contributed by atoms with Gasteiger partial charge in [-0.05, 0) is 46.9 Å². The maximum atomic E-state index is 12.8. The van der Waals surface area contributed by atoms with Crippen molar-refractivity contribution in [3.05, 3.63) is 63.2 Å². The zero-order chi connectivity index (χ0) is 17.2. The first-order chi connectivity index (χ1) is 11.4. The van der Waals surface area contributed by atoms with Gasteiger partial charge in [-0.3, -0.25) is 5.01 Å². The molecular weight excluding hydrogens is 430 g/mol. The molecule has 0 radical (unpaired) electrons. The Morgan fingerprint density at radius 2 is 1.92 bits per heavy atom. The Morgan fingerprint density at radius 3 is 2.67 bits per heavy atom. The largest absolute Gasteiger partial charge is 0.416 e. The highest BCUT2D eigenvalue weighted by Crippen LogP contribution is 2.32. The Bertz CT molecular complexity index is 800. The Hall–Kier alpha value is -1.90. The van der Waals surface area contributed by atoms with Gasteiger partial charge in [-0.25, -0.2) is 4.99 Å². The third kappa shape index (κ3) is 3.95. The lowest BCUT2D eigenvalue weighted by Gasteiger charge is -2.15. The van der Waals surface area contributed by atoms with E-state index in [1.165, 1.54) is 6.07 Å². The molecule has 24 heavy (non-hydrogen) atoms. The van der Waals surface area contributed by atoms with Crippen LogP contribution in [0.1, 0.15) is 17.5 Å². The molecule has 0 atom stereocenters. The first kappa shape index (κ1) is 16.9. The number of aliphatic imine (C=N–C) groups is 1. The molecule has 2 aromatic rings. The normalized spacial score (nSPS) is 15.2. The highest BCUT2D eigenvalue weighted by atomic mass is 127. The van der Waals surface area contributed by atoms with Crippen LogP contribution in [0.15, 0.2) is 58.6 Å². The summed E-state index contributed by atoms with van der Waals surface area (Å²) in [6.07, 6.45) is -2.03. The van der Waals surface area contributed by atoms with E-state index >= 15 is 0 Å². The average molecular weight is 443 g/mol. The van der Waals surface area contributed by atoms with Crippen molar-refractivity contribution in [2.24, 2.45) is 10.1 Å². The van der Waals surface area contributed by atoms with Crippen LogP contribution in [0.25, 0.3) is 0 Å². The summed E-state index contributed by atoms with van der Waals surface area (Å²) in [6, 6.07) is 13.0. The lowest BCUT2D eigenvalue weighted by molar-refractivity contribution is -0.137. The highest BCUT2D eigenvalue weighted by Gasteiger charge is 2.31. The first-order valence-corrected chi connectivity index (χ1v) is 8.32. The summed E-state index contributed by atoms with van der Waals surface area (Å²) in [5.41, 5.74) is 0.730. The van der Waals surface area contributed by atoms with Gasteiger partial charge in [0.25, 0.3) is 0 Å². The number of hydrogen-bond donors (Lipinski definition) is 0. The highest BCUT2D eigenvalue weighted by molar-refractivity contribution is 14.1. The van der Waals surface area contributed by atoms with E-state index in [4.69, 9.17) is 0 Å². The van der Waals surface area contributed by atoms with Crippen molar-refractivity contribution in [2.75, 3.05) is 11.6 Å². The summed E-state index contributed by atoms with van der Waals surface area (Å²) in [6.45, 7) is 0.514. The van der Waals surface area contributed by atoms with E-state index in [1.807, 2.05) is 24.3 Å². The van der Waals surface area contributed by atoms with Gasteiger partial charge >= 0.3 is 6.18 Å². The van der Waals surface area contributed by atoms with Crippen LogP contribution in [0.4, 0.5) is 18.9 Å². The Kier molecular flexibility index (Phi) is 4.88. The fourth-order valence-electron chi connectivity index (χ4n) is 2.29. The van der Waals surface area contributed by atoms with Crippen LogP contribution >= 0.6 is 22.6 Å². The monoisotopic (exact) mass is 443 g/mol. The summed E-state index contributed by atoms with van der Waals surface area (Å²) >= 11 is 2.22. The number of alkyl halides is 3. The number of rotatable bonds is 2. The minimum atomic E-state index is -4.36. The fourth-order valence-corrected chi connectivity index (χ4v) is 2.82. The van der Waals surface area contributed by atoms with Crippen LogP contribution < -0.4 is 5.01 Å². The minimum Gasteiger partial charge on any atom is -0.263 e. The zero-order valence-corrected chi connectivity index (χ0v) is 14.6. The molecule has 1 aliphatic rings. The van der Waals surface area contributed by atoms with Gasteiger partial charge in [-0.15, -0.1) is 0 Å². The second-order valence-corrected chi connectivity index (χ2v) is 6.38. The quantitative estimate of drug-likeness (QED) is 0.477. The maximum absolute atomic E-state index is 12.8. The number of nitrogens with zero attached hydrogens (tertiary/aromatic N) is 3. The molecule has 124 valence electrons. The fraction of sp³-hybridized carbons (Fsp3) is 0.176. The Labute approximate surface area is 151 Å². The molecule has 0 saturated carbocycles. The maximum Gasteiger partial charge on any atom is 0.416 e. The molecule has 0 N–H and O–H groups in total. The Balaban J connectivity index is 1.78. The molecule has 0 spiro atoms. The summed E-state index contributed by atoms with van der Waals surface area (Å²) in [5, 5.41) is 5.86. The molecule has 1 heterocycles. The lowest BCUT2D eigenvalue weighted by Crippen LogP contribution is -2.13. The molecule has 0 unspecified atom stereocenters. The first-order valence-electron chi connectivity index (χ1n) is 7.24. The average Bonchev–Trinajstić information content (AvgIpc) is 3.02. The van der Waals surface area contributed by atoms with E-state index in [0.717, 1.165) is 21.3 Å². The molecule has 0 aliphatic carbocycles. The molecule has 0 amide bonds. The van der Waals surface area contributed by atoms with Crippen LogP contribution in [-0.4, -0.2) is 18.6 Å². The number of anilines is 1. The lowest BCUT2D eigenvalue weighted by atomic mass is 10.2. The second-order valence-electron chi connectivity index (χ2n) is 5.22. The molecule has 7 heteroatoms. The van der Waals surface area contributed by atoms with Crippen LogP contribution in [0.5, 0.6) is 0 Å². The van der Waals surface area contributed by atoms with Crippen molar-refractivity contribution in [1.82, 2.24) is 0 Å². The second kappa shape index (κ2) is 6.92. The standard InChI is InChI=1S/C17H13F3IN3/c18-17(19,20)13-5-3-6-14(10-13)24-9-8-16(23-24)22-11-12-4-1-2-7-15(12)21/h1-7,10-11H,8-9H2.